The van der Waals surface area contributed by atoms with Gasteiger partial charge in [0.15, 0.2) is 0 Å². The summed E-state index contributed by atoms with van der Waals surface area (Å²) in [6, 6.07) is 21.6. The summed E-state index contributed by atoms with van der Waals surface area (Å²) in [6.45, 7) is 11.3. The van der Waals surface area contributed by atoms with Crippen LogP contribution in [0.1, 0.15) is 66.7 Å². The van der Waals surface area contributed by atoms with E-state index in [0.717, 1.165) is 25.7 Å². The predicted octanol–water partition coefficient (Wildman–Crippen LogP) is 5.46. The number of ether oxygens (including phenoxy) is 1. The molecule has 1 aliphatic heterocycles. The minimum atomic E-state index is -2.61. The van der Waals surface area contributed by atoms with Gasteiger partial charge in [-0.15, -0.1) is 0 Å². The average molecular weight is 439 g/mol. The molecule has 1 heterocycles. The SMILES string of the molecule is CCC[C@H](C[C@H]1C[C@@H](C)CC(=O)O1)O[Si](c1ccccc1)(c1ccccc1)C(C)(C)C. The van der Waals surface area contributed by atoms with Crippen molar-refractivity contribution in [1.82, 2.24) is 0 Å². The molecule has 0 saturated carbocycles. The lowest BCUT2D eigenvalue weighted by atomic mass is 9.93. The van der Waals surface area contributed by atoms with Crippen molar-refractivity contribution in [2.45, 2.75) is 84.0 Å². The van der Waals surface area contributed by atoms with Crippen LogP contribution < -0.4 is 10.4 Å². The van der Waals surface area contributed by atoms with Gasteiger partial charge in [0.25, 0.3) is 8.32 Å². The summed E-state index contributed by atoms with van der Waals surface area (Å²) in [5, 5.41) is 2.53. The Kier molecular flexibility index (Phi) is 7.76. The molecule has 2 aromatic rings. The van der Waals surface area contributed by atoms with E-state index in [9.17, 15) is 4.79 Å². The summed E-state index contributed by atoms with van der Waals surface area (Å²) in [4.78, 5) is 12.1. The molecule has 3 nitrogen and oxygen atoms in total. The molecule has 4 heteroatoms. The molecule has 0 aliphatic carbocycles. The normalized spacial score (nSPS) is 20.9. The first-order chi connectivity index (χ1) is 14.8. The second kappa shape index (κ2) is 10.1. The topological polar surface area (TPSA) is 35.5 Å². The molecule has 0 unspecified atom stereocenters. The van der Waals surface area contributed by atoms with Gasteiger partial charge < -0.3 is 9.16 Å². The minimum Gasteiger partial charge on any atom is -0.462 e. The number of benzene rings is 2. The third-order valence-electron chi connectivity index (χ3n) is 6.38. The van der Waals surface area contributed by atoms with Crippen molar-refractivity contribution < 1.29 is 14.0 Å². The van der Waals surface area contributed by atoms with Crippen LogP contribution in [0, 0.1) is 5.92 Å². The lowest BCUT2D eigenvalue weighted by Gasteiger charge is -2.46. The highest BCUT2D eigenvalue weighted by molar-refractivity contribution is 6.99. The van der Waals surface area contributed by atoms with Gasteiger partial charge in [-0.25, -0.2) is 0 Å². The van der Waals surface area contributed by atoms with Crippen LogP contribution in [0.4, 0.5) is 0 Å². The van der Waals surface area contributed by atoms with Gasteiger partial charge in [-0.2, -0.15) is 0 Å². The summed E-state index contributed by atoms with van der Waals surface area (Å²) in [5.74, 6) is 0.311. The van der Waals surface area contributed by atoms with Crippen molar-refractivity contribution in [2.24, 2.45) is 5.92 Å². The van der Waals surface area contributed by atoms with Crippen LogP contribution in [0.15, 0.2) is 60.7 Å². The molecule has 3 rings (SSSR count). The molecule has 0 spiro atoms. The van der Waals surface area contributed by atoms with Gasteiger partial charge in [0.1, 0.15) is 6.10 Å². The van der Waals surface area contributed by atoms with Crippen LogP contribution in [0.25, 0.3) is 0 Å². The fourth-order valence-electron chi connectivity index (χ4n) is 5.02. The molecule has 0 bridgehead atoms. The van der Waals surface area contributed by atoms with Crippen LogP contribution in [0.5, 0.6) is 0 Å². The number of hydrogen-bond acceptors (Lipinski definition) is 3. The maximum Gasteiger partial charge on any atom is 0.306 e. The first-order valence-electron chi connectivity index (χ1n) is 11.7. The third kappa shape index (κ3) is 5.47. The maximum absolute atomic E-state index is 12.1. The first kappa shape index (κ1) is 23.7. The fourth-order valence-corrected chi connectivity index (χ4v) is 9.75. The Morgan fingerprint density at radius 1 is 1.03 bits per heavy atom. The third-order valence-corrected chi connectivity index (χ3v) is 11.5. The van der Waals surface area contributed by atoms with E-state index in [1.54, 1.807) is 0 Å². The van der Waals surface area contributed by atoms with Crippen LogP contribution in [-0.4, -0.2) is 26.5 Å². The van der Waals surface area contributed by atoms with Crippen molar-refractivity contribution in [2.75, 3.05) is 0 Å². The highest BCUT2D eigenvalue weighted by Crippen LogP contribution is 2.39. The maximum atomic E-state index is 12.1. The molecule has 1 aliphatic rings. The van der Waals surface area contributed by atoms with Gasteiger partial charge >= 0.3 is 5.97 Å². The molecule has 168 valence electrons. The van der Waals surface area contributed by atoms with Gasteiger partial charge in [-0.05, 0) is 34.2 Å². The molecule has 0 radical (unpaired) electrons. The number of cyclic esters (lactones) is 1. The first-order valence-corrected chi connectivity index (χ1v) is 13.7. The van der Waals surface area contributed by atoms with E-state index in [1.165, 1.54) is 10.4 Å². The highest BCUT2D eigenvalue weighted by Gasteiger charge is 2.51. The second-order valence-electron chi connectivity index (χ2n) is 10.1. The zero-order valence-electron chi connectivity index (χ0n) is 19.8. The summed E-state index contributed by atoms with van der Waals surface area (Å²) < 4.78 is 13.1. The molecule has 31 heavy (non-hydrogen) atoms. The Bertz CT molecular complexity index is 789. The van der Waals surface area contributed by atoms with Gasteiger partial charge in [-0.3, -0.25) is 4.79 Å². The Morgan fingerprint density at radius 3 is 2.03 bits per heavy atom. The number of carbonyl (C=O) groups is 1. The van der Waals surface area contributed by atoms with Crippen molar-refractivity contribution in [3.63, 3.8) is 0 Å². The molecule has 2 aromatic carbocycles. The van der Waals surface area contributed by atoms with Gasteiger partial charge in [0.2, 0.25) is 0 Å². The van der Waals surface area contributed by atoms with Crippen LogP contribution >= 0.6 is 0 Å². The van der Waals surface area contributed by atoms with E-state index in [2.05, 4.69) is 95.3 Å². The number of esters is 1. The van der Waals surface area contributed by atoms with Crippen molar-refractivity contribution in [1.29, 1.82) is 0 Å². The molecule has 1 saturated heterocycles. The van der Waals surface area contributed by atoms with E-state index in [1.807, 2.05) is 0 Å². The van der Waals surface area contributed by atoms with Crippen molar-refractivity contribution in [3.8, 4) is 0 Å². The largest absolute Gasteiger partial charge is 0.462 e. The zero-order chi connectivity index (χ0) is 22.5. The van der Waals surface area contributed by atoms with Crippen molar-refractivity contribution in [3.05, 3.63) is 60.7 Å². The predicted molar refractivity (Wildman–Crippen MR) is 130 cm³/mol. The average Bonchev–Trinajstić information content (AvgIpc) is 2.71. The standard InChI is InChI=1S/C27H38O3Si/c1-6-13-22(20-23-18-21(2)19-26(28)29-23)30-31(27(3,4)5,24-14-9-7-10-15-24)25-16-11-8-12-17-25/h7-12,14-17,21-23H,6,13,18-20H2,1-5H3/t21-,22-,23-/m1/s1. The molecular weight excluding hydrogens is 400 g/mol. The quantitative estimate of drug-likeness (QED) is 0.405. The lowest BCUT2D eigenvalue weighted by Crippen LogP contribution is -2.67. The van der Waals surface area contributed by atoms with Crippen LogP contribution in [0.3, 0.4) is 0 Å². The van der Waals surface area contributed by atoms with E-state index in [0.29, 0.717) is 12.3 Å². The highest BCUT2D eigenvalue weighted by atomic mass is 28.4. The van der Waals surface area contributed by atoms with Crippen LogP contribution in [0.2, 0.25) is 5.04 Å². The van der Waals surface area contributed by atoms with Gasteiger partial charge in [-0.1, -0.05) is 102 Å². The smallest absolute Gasteiger partial charge is 0.306 e. The molecule has 3 atom stereocenters. The van der Waals surface area contributed by atoms with Crippen LogP contribution in [-0.2, 0) is 14.0 Å². The molecule has 0 aromatic heterocycles. The number of rotatable bonds is 8. The Labute approximate surface area is 189 Å². The molecule has 1 fully saturated rings. The molecule has 0 N–H and O–H groups in total. The van der Waals surface area contributed by atoms with E-state index in [-0.39, 0.29) is 23.2 Å². The van der Waals surface area contributed by atoms with E-state index >= 15 is 0 Å². The zero-order valence-corrected chi connectivity index (χ0v) is 20.8. The summed E-state index contributed by atoms with van der Waals surface area (Å²) in [6.07, 6.45) is 4.24. The molecule has 0 amide bonds. The summed E-state index contributed by atoms with van der Waals surface area (Å²) >= 11 is 0. The second-order valence-corrected chi connectivity index (χ2v) is 14.3. The van der Waals surface area contributed by atoms with Crippen molar-refractivity contribution >= 4 is 24.7 Å². The van der Waals surface area contributed by atoms with Gasteiger partial charge in [0.05, 0.1) is 0 Å². The van der Waals surface area contributed by atoms with E-state index < -0.39 is 8.32 Å². The minimum absolute atomic E-state index is 0.0500. The Morgan fingerprint density at radius 2 is 1.58 bits per heavy atom. The fraction of sp³-hybridized carbons (Fsp3) is 0.519. The molecular formula is C27H38O3Si. The summed E-state index contributed by atoms with van der Waals surface area (Å²) in [5.41, 5.74) is 0. The lowest BCUT2D eigenvalue weighted by molar-refractivity contribution is -0.158. The Hall–Kier alpha value is -1.91. The van der Waals surface area contributed by atoms with E-state index in [4.69, 9.17) is 9.16 Å². The Balaban J connectivity index is 2.02. The summed E-state index contributed by atoms with van der Waals surface area (Å²) in [7, 11) is -2.61. The number of carbonyl (C=O) groups excluding carboxylic acids is 1. The monoisotopic (exact) mass is 438 g/mol. The number of hydrogen-bond donors (Lipinski definition) is 0. The van der Waals surface area contributed by atoms with Gasteiger partial charge in [0, 0.05) is 18.9 Å².